The second-order valence-corrected chi connectivity index (χ2v) is 4.47. The Hall–Kier alpha value is -1.12. The van der Waals surface area contributed by atoms with E-state index in [1.165, 1.54) is 18.2 Å². The molecule has 1 rings (SSSR count). The molecule has 1 N–H and O–H groups in total. The highest BCUT2D eigenvalue weighted by atomic mass is 35.5. The normalized spacial score (nSPS) is 11.1. The molecule has 0 aliphatic rings. The molecule has 0 aliphatic heterocycles. The molecule has 19 heavy (non-hydrogen) atoms. The van der Waals surface area contributed by atoms with Crippen molar-refractivity contribution < 1.29 is 22.8 Å². The van der Waals surface area contributed by atoms with Crippen LogP contribution in [0.5, 0.6) is 0 Å². The molecule has 0 saturated heterocycles. The predicted molar refractivity (Wildman–Crippen MR) is 67.5 cm³/mol. The number of rotatable bonds is 1. The molecule has 0 heterocycles. The molecule has 0 atom stereocenters. The van der Waals surface area contributed by atoms with Gasteiger partial charge < -0.3 is 0 Å². The van der Waals surface area contributed by atoms with Gasteiger partial charge in [-0.1, -0.05) is 36.0 Å². The van der Waals surface area contributed by atoms with Crippen LogP contribution in [-0.4, -0.2) is 18.1 Å². The van der Waals surface area contributed by atoms with Gasteiger partial charge in [0.25, 0.3) is 0 Å². The van der Waals surface area contributed by atoms with Crippen molar-refractivity contribution in [3.05, 3.63) is 28.2 Å². The summed E-state index contributed by atoms with van der Waals surface area (Å²) in [7, 11) is 0. The molecule has 1 aromatic rings. The molecular formula is C9H5Cl2F3N2O2S. The van der Waals surface area contributed by atoms with Crippen molar-refractivity contribution in [2.24, 2.45) is 0 Å². The van der Waals surface area contributed by atoms with Crippen molar-refractivity contribution in [1.29, 1.82) is 0 Å². The van der Waals surface area contributed by atoms with Gasteiger partial charge in [-0.05, 0) is 18.2 Å². The number of amides is 3. The molecule has 0 fully saturated rings. The number of halogens is 5. The van der Waals surface area contributed by atoms with Gasteiger partial charge in [-0.15, -0.1) is 0 Å². The zero-order chi connectivity index (χ0) is 14.8. The highest BCUT2D eigenvalue weighted by Gasteiger charge is 2.40. The van der Waals surface area contributed by atoms with E-state index in [1.807, 2.05) is 0 Å². The van der Waals surface area contributed by atoms with Gasteiger partial charge in [0.1, 0.15) is 0 Å². The number of benzene rings is 1. The van der Waals surface area contributed by atoms with Gasteiger partial charge in [-0.2, -0.15) is 13.2 Å². The molecular weight excluding hydrogens is 328 g/mol. The Kier molecular flexibility index (Phi) is 4.94. The molecule has 1 aromatic carbocycles. The minimum atomic E-state index is -5.17. The first-order chi connectivity index (χ1) is 8.61. The van der Waals surface area contributed by atoms with Crippen molar-refractivity contribution in [1.82, 2.24) is 5.32 Å². The van der Waals surface area contributed by atoms with Gasteiger partial charge in [0.15, 0.2) is 0 Å². The van der Waals surface area contributed by atoms with Crippen molar-refractivity contribution in [3.8, 4) is 0 Å². The summed E-state index contributed by atoms with van der Waals surface area (Å²) in [6.45, 7) is 0. The minimum Gasteiger partial charge on any atom is -0.269 e. The molecule has 0 unspecified atom stereocenters. The number of alkyl halides is 3. The average molecular weight is 333 g/mol. The number of imide groups is 1. The maximum atomic E-state index is 12.0. The van der Waals surface area contributed by atoms with Gasteiger partial charge in [0.2, 0.25) is 0 Å². The van der Waals surface area contributed by atoms with Crippen LogP contribution in [-0.2, 0) is 4.79 Å². The van der Waals surface area contributed by atoms with Crippen LogP contribution in [0.15, 0.2) is 18.2 Å². The molecule has 3 amide bonds. The number of urea groups is 1. The summed E-state index contributed by atoms with van der Waals surface area (Å²) in [4.78, 5) is 21.9. The first-order valence-electron chi connectivity index (χ1n) is 4.48. The van der Waals surface area contributed by atoms with E-state index in [-0.39, 0.29) is 15.7 Å². The molecule has 10 heteroatoms. The molecule has 0 saturated carbocycles. The lowest BCUT2D eigenvalue weighted by molar-refractivity contribution is -0.172. The van der Waals surface area contributed by atoms with E-state index in [4.69, 9.17) is 23.2 Å². The number of carbonyl (C=O) groups is 2. The fraction of sp³-hybridized carbons (Fsp3) is 0.111. The lowest BCUT2D eigenvalue weighted by atomic mass is 10.3. The standard InChI is InChI=1S/C9H5Cl2F3N2O2S/c10-4-1-5(11)3-6(2-4)16(19)8(18)15-7(17)9(12,13)14/h1-3,19H,(H,15,17,18). The van der Waals surface area contributed by atoms with Crippen LogP contribution < -0.4 is 9.62 Å². The number of nitrogens with one attached hydrogen (secondary N) is 1. The van der Waals surface area contributed by atoms with E-state index >= 15 is 0 Å². The van der Waals surface area contributed by atoms with E-state index < -0.39 is 18.1 Å². The van der Waals surface area contributed by atoms with Crippen molar-refractivity contribution >= 4 is 53.6 Å². The largest absolute Gasteiger partial charge is 0.471 e. The Labute approximate surface area is 121 Å². The predicted octanol–water partition coefficient (Wildman–Crippen LogP) is 3.44. The molecule has 4 nitrogen and oxygen atoms in total. The van der Waals surface area contributed by atoms with Crippen LogP contribution in [0.25, 0.3) is 0 Å². The second-order valence-electron chi connectivity index (χ2n) is 3.20. The van der Waals surface area contributed by atoms with Crippen molar-refractivity contribution in [2.45, 2.75) is 6.18 Å². The maximum Gasteiger partial charge on any atom is 0.471 e. The maximum absolute atomic E-state index is 12.0. The highest BCUT2D eigenvalue weighted by Crippen LogP contribution is 2.26. The van der Waals surface area contributed by atoms with E-state index in [0.717, 1.165) is 5.32 Å². The third-order valence-electron chi connectivity index (χ3n) is 1.76. The summed E-state index contributed by atoms with van der Waals surface area (Å²) in [6, 6.07) is 2.44. The fourth-order valence-corrected chi connectivity index (χ4v) is 1.68. The molecule has 0 radical (unpaired) electrons. The van der Waals surface area contributed by atoms with Crippen LogP contribution >= 0.6 is 36.0 Å². The topological polar surface area (TPSA) is 49.4 Å². The number of hydrogen-bond acceptors (Lipinski definition) is 3. The molecule has 104 valence electrons. The Morgan fingerprint density at radius 1 is 1.16 bits per heavy atom. The third kappa shape index (κ3) is 4.48. The second kappa shape index (κ2) is 5.89. The summed E-state index contributed by atoms with van der Waals surface area (Å²) < 4.78 is 36.3. The Bertz CT molecular complexity index is 504. The lowest BCUT2D eigenvalue weighted by Crippen LogP contribution is -2.44. The fourth-order valence-electron chi connectivity index (χ4n) is 1.000. The highest BCUT2D eigenvalue weighted by molar-refractivity contribution is 7.82. The Morgan fingerprint density at radius 3 is 2.05 bits per heavy atom. The first-order valence-corrected chi connectivity index (χ1v) is 5.64. The SMILES string of the molecule is O=C(NC(=O)C(F)(F)F)N(S)c1cc(Cl)cc(Cl)c1. The lowest BCUT2D eigenvalue weighted by Gasteiger charge is -2.17. The van der Waals surface area contributed by atoms with E-state index in [1.54, 1.807) is 0 Å². The van der Waals surface area contributed by atoms with Gasteiger partial charge in [-0.25, -0.2) is 9.10 Å². The number of anilines is 1. The average Bonchev–Trinajstić information content (AvgIpc) is 2.25. The zero-order valence-corrected chi connectivity index (χ0v) is 11.2. The number of thiol groups is 1. The summed E-state index contributed by atoms with van der Waals surface area (Å²) in [5.41, 5.74) is 0.00769. The number of carbonyl (C=O) groups excluding carboxylic acids is 2. The van der Waals surface area contributed by atoms with Crippen molar-refractivity contribution in [3.63, 3.8) is 0 Å². The van der Waals surface area contributed by atoms with Gasteiger partial charge in [0.05, 0.1) is 5.69 Å². The van der Waals surface area contributed by atoms with Crippen LogP contribution in [0.1, 0.15) is 0 Å². The third-order valence-corrected chi connectivity index (χ3v) is 2.61. The molecule has 0 aliphatic carbocycles. The van der Waals surface area contributed by atoms with Crippen molar-refractivity contribution in [2.75, 3.05) is 4.31 Å². The van der Waals surface area contributed by atoms with E-state index in [0.29, 0.717) is 4.31 Å². The Balaban J connectivity index is 2.85. The van der Waals surface area contributed by atoms with Crippen LogP contribution in [0.3, 0.4) is 0 Å². The summed E-state index contributed by atoms with van der Waals surface area (Å²) in [6.07, 6.45) is -5.17. The smallest absolute Gasteiger partial charge is 0.269 e. The van der Waals surface area contributed by atoms with Gasteiger partial charge in [0, 0.05) is 10.0 Å². The Morgan fingerprint density at radius 2 is 1.63 bits per heavy atom. The summed E-state index contributed by atoms with van der Waals surface area (Å²) >= 11 is 15.0. The quantitative estimate of drug-likeness (QED) is 0.774. The van der Waals surface area contributed by atoms with Gasteiger partial charge in [-0.3, -0.25) is 10.1 Å². The van der Waals surface area contributed by atoms with Crippen LogP contribution in [0, 0.1) is 0 Å². The monoisotopic (exact) mass is 332 g/mol. The van der Waals surface area contributed by atoms with E-state index in [2.05, 4.69) is 12.8 Å². The number of nitrogens with zero attached hydrogens (tertiary/aromatic N) is 1. The minimum absolute atomic E-state index is 0.00769. The van der Waals surface area contributed by atoms with E-state index in [9.17, 15) is 22.8 Å². The van der Waals surface area contributed by atoms with Gasteiger partial charge >= 0.3 is 18.1 Å². The van der Waals surface area contributed by atoms with Crippen LogP contribution in [0.2, 0.25) is 10.0 Å². The zero-order valence-electron chi connectivity index (χ0n) is 8.83. The molecule has 0 bridgehead atoms. The summed E-state index contributed by atoms with van der Waals surface area (Å²) in [5.74, 6) is -2.40. The van der Waals surface area contributed by atoms with Crippen LogP contribution in [0.4, 0.5) is 23.7 Å². The summed E-state index contributed by atoms with van der Waals surface area (Å²) in [5, 5.41) is 1.42. The molecule has 0 aromatic heterocycles. The first kappa shape index (κ1) is 15.9. The molecule has 0 spiro atoms. The number of hydrogen-bond donors (Lipinski definition) is 2.